The van der Waals surface area contributed by atoms with Gasteiger partial charge in [-0.3, -0.25) is 10.3 Å². The highest BCUT2D eigenvalue weighted by Gasteiger charge is 2.11. The lowest BCUT2D eigenvalue weighted by atomic mass is 10.2. The average Bonchev–Trinajstić information content (AvgIpc) is 2.95. The molecule has 0 aliphatic rings. The van der Waals surface area contributed by atoms with E-state index in [1.807, 2.05) is 43.5 Å². The number of rotatable bonds is 4. The van der Waals surface area contributed by atoms with Crippen molar-refractivity contribution in [2.45, 2.75) is 20.1 Å². The first-order valence-electron chi connectivity index (χ1n) is 7.18. The molecule has 3 rings (SSSR count). The molecule has 2 aromatic heterocycles. The lowest BCUT2D eigenvalue weighted by molar-refractivity contribution is 0.155. The van der Waals surface area contributed by atoms with Gasteiger partial charge in [0.2, 0.25) is 0 Å². The van der Waals surface area contributed by atoms with Crippen LogP contribution < -0.4 is 11.1 Å². The molecule has 1 amide bonds. The van der Waals surface area contributed by atoms with Crippen LogP contribution in [-0.2, 0) is 17.9 Å². The molecule has 0 fully saturated rings. The summed E-state index contributed by atoms with van der Waals surface area (Å²) < 4.78 is 6.96. The molecular weight excluding hydrogens is 294 g/mol. The summed E-state index contributed by atoms with van der Waals surface area (Å²) in [5.41, 5.74) is 8.72. The first-order chi connectivity index (χ1) is 11.2. The number of aryl methyl sites for hydroxylation is 1. The van der Waals surface area contributed by atoms with Gasteiger partial charge in [0.1, 0.15) is 6.61 Å². The molecule has 0 spiro atoms. The van der Waals surface area contributed by atoms with Crippen LogP contribution in [0.4, 0.5) is 10.6 Å². The van der Waals surface area contributed by atoms with Crippen molar-refractivity contribution in [2.75, 3.05) is 5.32 Å². The minimum atomic E-state index is -0.559. The Kier molecular flexibility index (Phi) is 4.20. The molecule has 7 heteroatoms. The van der Waals surface area contributed by atoms with E-state index >= 15 is 0 Å². The molecule has 7 nitrogen and oxygen atoms in total. The Labute approximate surface area is 133 Å². The van der Waals surface area contributed by atoms with Crippen molar-refractivity contribution in [3.05, 3.63) is 59.7 Å². The topological polar surface area (TPSA) is 94.5 Å². The number of nitrogens with one attached hydrogen (secondary N) is 1. The van der Waals surface area contributed by atoms with Gasteiger partial charge in [-0.1, -0.05) is 30.3 Å². The van der Waals surface area contributed by atoms with E-state index in [1.165, 1.54) is 0 Å². The van der Waals surface area contributed by atoms with Gasteiger partial charge in [0.25, 0.3) is 0 Å². The standard InChI is InChI=1S/C16H17N5O2/c1-11-8-21-9-14(19-15(21)13(7-17)18-11)20-16(22)23-10-12-5-3-2-4-6-12/h2-6,8-9H,7,10,17H2,1H3,(H,20,22). The van der Waals surface area contributed by atoms with Crippen LogP contribution in [0.1, 0.15) is 17.0 Å². The smallest absolute Gasteiger partial charge is 0.413 e. The third-order valence-electron chi connectivity index (χ3n) is 3.26. The number of fused-ring (bicyclic) bond motifs is 1. The van der Waals surface area contributed by atoms with Gasteiger partial charge in [-0.2, -0.15) is 0 Å². The highest BCUT2D eigenvalue weighted by atomic mass is 16.5. The van der Waals surface area contributed by atoms with Crippen LogP contribution in [0.15, 0.2) is 42.7 Å². The molecule has 3 N–H and O–H groups in total. The quantitative estimate of drug-likeness (QED) is 0.770. The molecule has 0 saturated carbocycles. The second-order valence-corrected chi connectivity index (χ2v) is 5.08. The fraction of sp³-hybridized carbons (Fsp3) is 0.188. The zero-order valence-corrected chi connectivity index (χ0v) is 12.7. The second-order valence-electron chi connectivity index (χ2n) is 5.08. The van der Waals surface area contributed by atoms with Crippen molar-refractivity contribution < 1.29 is 9.53 Å². The van der Waals surface area contributed by atoms with Crippen molar-refractivity contribution in [3.8, 4) is 0 Å². The Balaban J connectivity index is 1.70. The van der Waals surface area contributed by atoms with Gasteiger partial charge in [-0.25, -0.2) is 9.78 Å². The van der Waals surface area contributed by atoms with E-state index in [9.17, 15) is 4.79 Å². The number of amides is 1. The molecule has 2 heterocycles. The monoisotopic (exact) mass is 311 g/mol. The Morgan fingerprint density at radius 1 is 1.26 bits per heavy atom. The Morgan fingerprint density at radius 2 is 2.04 bits per heavy atom. The van der Waals surface area contributed by atoms with E-state index in [4.69, 9.17) is 10.5 Å². The maximum absolute atomic E-state index is 11.9. The number of carbonyl (C=O) groups excluding carboxylic acids is 1. The van der Waals surface area contributed by atoms with Crippen molar-refractivity contribution in [1.82, 2.24) is 14.4 Å². The van der Waals surface area contributed by atoms with Crippen molar-refractivity contribution in [1.29, 1.82) is 0 Å². The number of benzene rings is 1. The van der Waals surface area contributed by atoms with E-state index in [0.29, 0.717) is 17.2 Å². The third-order valence-corrected chi connectivity index (χ3v) is 3.26. The van der Waals surface area contributed by atoms with E-state index < -0.39 is 6.09 Å². The molecule has 0 saturated heterocycles. The number of imidazole rings is 1. The molecule has 0 unspecified atom stereocenters. The molecule has 3 aromatic rings. The first kappa shape index (κ1) is 15.0. The van der Waals surface area contributed by atoms with Gasteiger partial charge in [-0.05, 0) is 12.5 Å². The maximum atomic E-state index is 11.9. The minimum absolute atomic E-state index is 0.203. The number of aromatic nitrogens is 3. The van der Waals surface area contributed by atoms with Crippen molar-refractivity contribution in [2.24, 2.45) is 5.73 Å². The molecular formula is C16H17N5O2. The number of anilines is 1. The maximum Gasteiger partial charge on any atom is 0.413 e. The third kappa shape index (κ3) is 3.46. The van der Waals surface area contributed by atoms with E-state index in [2.05, 4.69) is 15.3 Å². The first-order valence-corrected chi connectivity index (χ1v) is 7.18. The minimum Gasteiger partial charge on any atom is -0.444 e. The average molecular weight is 311 g/mol. The van der Waals surface area contributed by atoms with Gasteiger partial charge in [0.15, 0.2) is 11.5 Å². The summed E-state index contributed by atoms with van der Waals surface area (Å²) in [6.45, 7) is 2.36. The summed E-state index contributed by atoms with van der Waals surface area (Å²) in [6.07, 6.45) is 2.96. The molecule has 23 heavy (non-hydrogen) atoms. The highest BCUT2D eigenvalue weighted by molar-refractivity contribution is 5.83. The summed E-state index contributed by atoms with van der Waals surface area (Å²) in [6, 6.07) is 9.47. The van der Waals surface area contributed by atoms with Gasteiger partial charge in [-0.15, -0.1) is 0 Å². The highest BCUT2D eigenvalue weighted by Crippen LogP contribution is 2.14. The predicted octanol–water partition coefficient (Wildman–Crippen LogP) is 2.25. The zero-order valence-electron chi connectivity index (χ0n) is 12.7. The van der Waals surface area contributed by atoms with Gasteiger partial charge in [0.05, 0.1) is 17.6 Å². The molecule has 0 aliphatic heterocycles. The number of hydrogen-bond donors (Lipinski definition) is 2. The van der Waals surface area contributed by atoms with Crippen LogP contribution >= 0.6 is 0 Å². The van der Waals surface area contributed by atoms with Crippen LogP contribution in [0.2, 0.25) is 0 Å². The second kappa shape index (κ2) is 6.45. The molecule has 0 atom stereocenters. The van der Waals surface area contributed by atoms with Gasteiger partial charge in [0, 0.05) is 12.7 Å². The van der Waals surface area contributed by atoms with E-state index in [1.54, 1.807) is 10.6 Å². The summed E-state index contributed by atoms with van der Waals surface area (Å²) >= 11 is 0. The van der Waals surface area contributed by atoms with Crippen LogP contribution in [0.5, 0.6) is 0 Å². The van der Waals surface area contributed by atoms with Crippen molar-refractivity contribution in [3.63, 3.8) is 0 Å². The molecule has 0 aliphatic carbocycles. The molecule has 1 aromatic carbocycles. The Morgan fingerprint density at radius 3 is 2.78 bits per heavy atom. The molecule has 0 bridgehead atoms. The summed E-state index contributed by atoms with van der Waals surface area (Å²) in [5, 5.41) is 2.61. The largest absolute Gasteiger partial charge is 0.444 e. The number of nitrogens with zero attached hydrogens (tertiary/aromatic N) is 3. The molecule has 118 valence electrons. The fourth-order valence-corrected chi connectivity index (χ4v) is 2.26. The number of hydrogen-bond acceptors (Lipinski definition) is 5. The lowest BCUT2D eigenvalue weighted by Gasteiger charge is -2.04. The zero-order chi connectivity index (χ0) is 16.2. The van der Waals surface area contributed by atoms with Crippen LogP contribution in [0.25, 0.3) is 5.65 Å². The van der Waals surface area contributed by atoms with Crippen LogP contribution in [-0.4, -0.2) is 20.5 Å². The Hall–Kier alpha value is -2.93. The van der Waals surface area contributed by atoms with Crippen LogP contribution in [0.3, 0.4) is 0 Å². The normalized spacial score (nSPS) is 10.7. The summed E-state index contributed by atoms with van der Waals surface area (Å²) in [4.78, 5) is 20.5. The molecule has 0 radical (unpaired) electrons. The fourth-order valence-electron chi connectivity index (χ4n) is 2.26. The summed E-state index contributed by atoms with van der Waals surface area (Å²) in [5.74, 6) is 0.394. The van der Waals surface area contributed by atoms with Crippen LogP contribution in [0, 0.1) is 6.92 Å². The lowest BCUT2D eigenvalue weighted by Crippen LogP contribution is -2.13. The number of carbonyl (C=O) groups is 1. The Bertz CT molecular complexity index is 829. The summed E-state index contributed by atoms with van der Waals surface area (Å²) in [7, 11) is 0. The number of nitrogens with two attached hydrogens (primary N) is 1. The SMILES string of the molecule is Cc1cn2cc(NC(=O)OCc3ccccc3)nc2c(CN)n1. The van der Waals surface area contributed by atoms with Gasteiger partial charge < -0.3 is 14.9 Å². The number of ether oxygens (including phenoxy) is 1. The predicted molar refractivity (Wildman–Crippen MR) is 85.9 cm³/mol. The van der Waals surface area contributed by atoms with E-state index in [0.717, 1.165) is 11.3 Å². The van der Waals surface area contributed by atoms with Gasteiger partial charge >= 0.3 is 6.09 Å². The van der Waals surface area contributed by atoms with Crippen molar-refractivity contribution >= 4 is 17.6 Å². The van der Waals surface area contributed by atoms with E-state index in [-0.39, 0.29) is 13.2 Å².